The molecule has 5 heteroatoms. The first kappa shape index (κ1) is 11.0. The topological polar surface area (TPSA) is 75.1 Å². The van der Waals surface area contributed by atoms with Gasteiger partial charge in [-0.15, -0.1) is 0 Å². The zero-order valence-corrected chi connectivity index (χ0v) is 8.97. The molecule has 1 aliphatic rings. The minimum atomic E-state index is -0.276. The Hall–Kier alpha value is -1.49. The Morgan fingerprint density at radius 1 is 1.56 bits per heavy atom. The lowest BCUT2D eigenvalue weighted by atomic mass is 10.1. The molecule has 1 aromatic rings. The Morgan fingerprint density at radius 2 is 2.38 bits per heavy atom. The van der Waals surface area contributed by atoms with Crippen molar-refractivity contribution in [3.63, 3.8) is 0 Å². The molecule has 1 heterocycles. The molecule has 5 nitrogen and oxygen atoms in total. The molecular weight excluding hydrogens is 206 g/mol. The van der Waals surface area contributed by atoms with Crippen LogP contribution in [0.5, 0.6) is 0 Å². The lowest BCUT2D eigenvalue weighted by Crippen LogP contribution is -2.28. The number of rotatable bonds is 5. The maximum atomic E-state index is 11.5. The molecule has 1 amide bonds. The third kappa shape index (κ3) is 3.00. The molecule has 0 spiro atoms. The van der Waals surface area contributed by atoms with Gasteiger partial charge in [0.05, 0.1) is 12.3 Å². The predicted molar refractivity (Wildman–Crippen MR) is 57.7 cm³/mol. The van der Waals surface area contributed by atoms with Gasteiger partial charge in [0, 0.05) is 18.9 Å². The Bertz CT molecular complexity index is 352. The van der Waals surface area contributed by atoms with E-state index >= 15 is 0 Å². The molecule has 1 aliphatic carbocycles. The monoisotopic (exact) mass is 221 g/mol. The van der Waals surface area contributed by atoms with Gasteiger partial charge in [-0.1, -0.05) is 0 Å². The number of hydrogen-bond acceptors (Lipinski definition) is 4. The van der Waals surface area contributed by atoms with Gasteiger partial charge in [-0.3, -0.25) is 9.78 Å². The molecular formula is C11H15N3O2. The van der Waals surface area contributed by atoms with Gasteiger partial charge in [-0.05, 0) is 25.2 Å². The summed E-state index contributed by atoms with van der Waals surface area (Å²) in [6.07, 6.45) is 6.98. The van der Waals surface area contributed by atoms with Gasteiger partial charge in [0.1, 0.15) is 5.69 Å². The van der Waals surface area contributed by atoms with Crippen LogP contribution >= 0.6 is 0 Å². The van der Waals surface area contributed by atoms with Gasteiger partial charge in [-0.25, -0.2) is 4.98 Å². The van der Waals surface area contributed by atoms with E-state index in [0.717, 1.165) is 12.8 Å². The van der Waals surface area contributed by atoms with E-state index in [2.05, 4.69) is 15.3 Å². The number of aliphatic hydroxyl groups is 1. The van der Waals surface area contributed by atoms with E-state index in [4.69, 9.17) is 0 Å². The van der Waals surface area contributed by atoms with Crippen molar-refractivity contribution in [3.8, 4) is 0 Å². The summed E-state index contributed by atoms with van der Waals surface area (Å²) in [5.74, 6) is 0.213. The van der Waals surface area contributed by atoms with Gasteiger partial charge < -0.3 is 10.4 Å². The first-order valence-electron chi connectivity index (χ1n) is 5.49. The van der Waals surface area contributed by atoms with Crippen LogP contribution in [-0.4, -0.2) is 33.6 Å². The Balaban J connectivity index is 1.71. The van der Waals surface area contributed by atoms with E-state index in [1.54, 1.807) is 0 Å². The van der Waals surface area contributed by atoms with Crippen molar-refractivity contribution < 1.29 is 9.90 Å². The highest BCUT2D eigenvalue weighted by atomic mass is 16.3. The lowest BCUT2D eigenvalue weighted by molar-refractivity contribution is 0.0931. The van der Waals surface area contributed by atoms with Crippen LogP contribution in [0.3, 0.4) is 0 Å². The average molecular weight is 221 g/mol. The van der Waals surface area contributed by atoms with Gasteiger partial charge >= 0.3 is 0 Å². The van der Waals surface area contributed by atoms with Gasteiger partial charge in [-0.2, -0.15) is 0 Å². The standard InChI is InChI=1S/C11H15N3O2/c15-10(8-1-2-8)3-4-14-11(16)9-7-12-5-6-13-9/h5-8,10,15H,1-4H2,(H,14,16)/t10-/m1/s1. The molecule has 0 unspecified atom stereocenters. The van der Waals surface area contributed by atoms with Gasteiger partial charge in [0.15, 0.2) is 0 Å². The molecule has 0 bridgehead atoms. The molecule has 1 atom stereocenters. The van der Waals surface area contributed by atoms with Gasteiger partial charge in [0.2, 0.25) is 0 Å². The van der Waals surface area contributed by atoms with Crippen LogP contribution < -0.4 is 5.32 Å². The maximum absolute atomic E-state index is 11.5. The molecule has 86 valence electrons. The third-order valence-corrected chi connectivity index (χ3v) is 2.69. The third-order valence-electron chi connectivity index (χ3n) is 2.69. The van der Waals surface area contributed by atoms with Crippen molar-refractivity contribution in [2.24, 2.45) is 5.92 Å². The highest BCUT2D eigenvalue weighted by Crippen LogP contribution is 2.33. The molecule has 0 radical (unpaired) electrons. The number of aliphatic hydroxyl groups excluding tert-OH is 1. The quantitative estimate of drug-likeness (QED) is 0.753. The summed E-state index contributed by atoms with van der Waals surface area (Å²) in [6, 6.07) is 0. The SMILES string of the molecule is O=C(NCC[C@@H](O)C1CC1)c1cnccn1. The van der Waals surface area contributed by atoms with Crippen LogP contribution in [0.1, 0.15) is 29.8 Å². The van der Waals surface area contributed by atoms with E-state index in [-0.39, 0.29) is 12.0 Å². The summed E-state index contributed by atoms with van der Waals surface area (Å²) in [4.78, 5) is 19.2. The fraction of sp³-hybridized carbons (Fsp3) is 0.545. The van der Waals surface area contributed by atoms with Crippen LogP contribution in [0.4, 0.5) is 0 Å². The summed E-state index contributed by atoms with van der Waals surface area (Å²) in [5, 5.41) is 12.3. The first-order valence-corrected chi connectivity index (χ1v) is 5.49. The molecule has 16 heavy (non-hydrogen) atoms. The molecule has 1 fully saturated rings. The average Bonchev–Trinajstić information content (AvgIpc) is 3.14. The van der Waals surface area contributed by atoms with Crippen molar-refractivity contribution in [1.82, 2.24) is 15.3 Å². The molecule has 0 saturated heterocycles. The second-order valence-electron chi connectivity index (χ2n) is 4.04. The highest BCUT2D eigenvalue weighted by molar-refractivity contribution is 5.91. The molecule has 0 aliphatic heterocycles. The Labute approximate surface area is 93.9 Å². The molecule has 2 rings (SSSR count). The summed E-state index contributed by atoms with van der Waals surface area (Å²) in [6.45, 7) is 0.479. The number of aromatic nitrogens is 2. The second kappa shape index (κ2) is 5.03. The van der Waals surface area contributed by atoms with Crippen molar-refractivity contribution in [2.45, 2.75) is 25.4 Å². The summed E-state index contributed by atoms with van der Waals surface area (Å²) < 4.78 is 0. The largest absolute Gasteiger partial charge is 0.393 e. The van der Waals surface area contributed by atoms with Crippen molar-refractivity contribution in [2.75, 3.05) is 6.54 Å². The fourth-order valence-electron chi connectivity index (χ4n) is 1.56. The molecule has 1 saturated carbocycles. The number of carbonyl (C=O) groups excluding carboxylic acids is 1. The first-order chi connectivity index (χ1) is 7.77. The number of carbonyl (C=O) groups is 1. The normalized spacial score (nSPS) is 16.8. The van der Waals surface area contributed by atoms with Crippen LogP contribution in [0.25, 0.3) is 0 Å². The van der Waals surface area contributed by atoms with E-state index in [1.807, 2.05) is 0 Å². The van der Waals surface area contributed by atoms with Crippen LogP contribution in [-0.2, 0) is 0 Å². The smallest absolute Gasteiger partial charge is 0.271 e. The minimum absolute atomic E-state index is 0.240. The van der Waals surface area contributed by atoms with Crippen LogP contribution in [0, 0.1) is 5.92 Å². The Morgan fingerprint density at radius 3 is 3.00 bits per heavy atom. The van der Waals surface area contributed by atoms with E-state index in [9.17, 15) is 9.90 Å². The maximum Gasteiger partial charge on any atom is 0.271 e. The fourth-order valence-corrected chi connectivity index (χ4v) is 1.56. The minimum Gasteiger partial charge on any atom is -0.393 e. The van der Waals surface area contributed by atoms with Crippen molar-refractivity contribution in [1.29, 1.82) is 0 Å². The number of nitrogens with one attached hydrogen (secondary N) is 1. The molecule has 0 aromatic carbocycles. The second-order valence-corrected chi connectivity index (χ2v) is 4.04. The Kier molecular flexibility index (Phi) is 3.46. The van der Waals surface area contributed by atoms with Gasteiger partial charge in [0.25, 0.3) is 5.91 Å². The number of nitrogens with zero attached hydrogens (tertiary/aromatic N) is 2. The highest BCUT2D eigenvalue weighted by Gasteiger charge is 2.29. The zero-order chi connectivity index (χ0) is 11.4. The summed E-state index contributed by atoms with van der Waals surface area (Å²) in [5.41, 5.74) is 0.309. The number of hydrogen-bond donors (Lipinski definition) is 2. The summed E-state index contributed by atoms with van der Waals surface area (Å²) in [7, 11) is 0. The van der Waals surface area contributed by atoms with Crippen LogP contribution in [0.2, 0.25) is 0 Å². The lowest BCUT2D eigenvalue weighted by Gasteiger charge is -2.09. The van der Waals surface area contributed by atoms with Crippen molar-refractivity contribution >= 4 is 5.91 Å². The predicted octanol–water partition coefficient (Wildman–Crippen LogP) is 0.367. The molecule has 2 N–H and O–H groups in total. The number of amides is 1. The van der Waals surface area contributed by atoms with Crippen LogP contribution in [0.15, 0.2) is 18.6 Å². The van der Waals surface area contributed by atoms with E-state index in [0.29, 0.717) is 24.6 Å². The zero-order valence-electron chi connectivity index (χ0n) is 8.97. The summed E-state index contributed by atoms with van der Waals surface area (Å²) >= 11 is 0. The van der Waals surface area contributed by atoms with E-state index in [1.165, 1.54) is 18.6 Å². The van der Waals surface area contributed by atoms with E-state index < -0.39 is 0 Å². The molecule has 1 aromatic heterocycles. The van der Waals surface area contributed by atoms with Crippen molar-refractivity contribution in [3.05, 3.63) is 24.3 Å².